The molecule has 0 amide bonds. The number of tetrazole rings is 1. The number of nitrogens with zero attached hydrogens (tertiary/aromatic N) is 4. The Balaban J connectivity index is 2.25. The summed E-state index contributed by atoms with van der Waals surface area (Å²) in [5.74, 6) is 0. The van der Waals surface area contributed by atoms with E-state index in [0.29, 0.717) is 0 Å². The molecule has 0 radical (unpaired) electrons. The Hall–Kier alpha value is -0.920. The standard InChI is InChI=1S/C10H15N5S2/c1-6-4-5-16-8(6)9(7(2)11)17-10-12-13-14-15(10)3/h4-5,7,9H,11H2,1-3H3. The first-order valence-corrected chi connectivity index (χ1v) is 7.04. The fraction of sp³-hybridized carbons (Fsp3) is 0.500. The van der Waals surface area contributed by atoms with Crippen LogP contribution < -0.4 is 5.73 Å². The van der Waals surface area contributed by atoms with E-state index in [1.807, 2.05) is 14.0 Å². The number of hydrogen-bond donors (Lipinski definition) is 1. The van der Waals surface area contributed by atoms with Crippen LogP contribution in [0.15, 0.2) is 16.6 Å². The van der Waals surface area contributed by atoms with E-state index in [2.05, 4.69) is 33.9 Å². The van der Waals surface area contributed by atoms with Crippen molar-refractivity contribution in [1.29, 1.82) is 0 Å². The summed E-state index contributed by atoms with van der Waals surface area (Å²) in [7, 11) is 1.84. The molecule has 0 bridgehead atoms. The smallest absolute Gasteiger partial charge is 0.209 e. The first kappa shape index (κ1) is 12.5. The lowest BCUT2D eigenvalue weighted by Crippen LogP contribution is -2.22. The average molecular weight is 269 g/mol. The maximum absolute atomic E-state index is 6.07. The lowest BCUT2D eigenvalue weighted by Gasteiger charge is -2.18. The Labute approximate surface area is 108 Å². The molecule has 2 rings (SSSR count). The van der Waals surface area contributed by atoms with Crippen molar-refractivity contribution in [3.63, 3.8) is 0 Å². The van der Waals surface area contributed by atoms with Crippen molar-refractivity contribution in [3.05, 3.63) is 21.9 Å². The molecule has 0 spiro atoms. The van der Waals surface area contributed by atoms with Crippen LogP contribution in [0.25, 0.3) is 0 Å². The van der Waals surface area contributed by atoms with Crippen LogP contribution in [0.4, 0.5) is 0 Å². The Kier molecular flexibility index (Phi) is 3.80. The van der Waals surface area contributed by atoms with E-state index >= 15 is 0 Å². The fourth-order valence-corrected chi connectivity index (χ4v) is 3.85. The van der Waals surface area contributed by atoms with Gasteiger partial charge in [0.2, 0.25) is 5.16 Å². The molecule has 2 unspecified atom stereocenters. The molecule has 2 aromatic rings. The predicted molar refractivity (Wildman–Crippen MR) is 70.1 cm³/mol. The average Bonchev–Trinajstić information content (AvgIpc) is 2.84. The monoisotopic (exact) mass is 269 g/mol. The van der Waals surface area contributed by atoms with Crippen LogP contribution in [0, 0.1) is 6.92 Å². The van der Waals surface area contributed by atoms with Crippen LogP contribution in [0.5, 0.6) is 0 Å². The maximum atomic E-state index is 6.07. The van der Waals surface area contributed by atoms with Gasteiger partial charge in [0.25, 0.3) is 0 Å². The minimum absolute atomic E-state index is 0.0500. The highest BCUT2D eigenvalue weighted by Crippen LogP contribution is 2.39. The molecule has 0 saturated heterocycles. The summed E-state index contributed by atoms with van der Waals surface area (Å²) in [5, 5.41) is 14.5. The first-order valence-electron chi connectivity index (χ1n) is 5.28. The molecule has 0 aliphatic heterocycles. The summed E-state index contributed by atoms with van der Waals surface area (Å²) in [6, 6.07) is 2.17. The molecule has 0 saturated carbocycles. The second kappa shape index (κ2) is 5.16. The van der Waals surface area contributed by atoms with Gasteiger partial charge in [-0.1, -0.05) is 11.8 Å². The van der Waals surface area contributed by atoms with Crippen molar-refractivity contribution < 1.29 is 0 Å². The van der Waals surface area contributed by atoms with Gasteiger partial charge in [-0.3, -0.25) is 0 Å². The van der Waals surface area contributed by atoms with Gasteiger partial charge in [-0.15, -0.1) is 16.4 Å². The van der Waals surface area contributed by atoms with Crippen molar-refractivity contribution in [1.82, 2.24) is 20.2 Å². The van der Waals surface area contributed by atoms with Crippen molar-refractivity contribution in [2.75, 3.05) is 0 Å². The zero-order chi connectivity index (χ0) is 12.4. The molecule has 0 aliphatic rings. The molecule has 2 atom stereocenters. The van der Waals surface area contributed by atoms with Gasteiger partial charge in [-0.05, 0) is 41.3 Å². The van der Waals surface area contributed by atoms with Gasteiger partial charge < -0.3 is 5.73 Å². The zero-order valence-electron chi connectivity index (χ0n) is 9.99. The lowest BCUT2D eigenvalue weighted by molar-refractivity contribution is 0.658. The van der Waals surface area contributed by atoms with Crippen LogP contribution in [-0.4, -0.2) is 26.2 Å². The highest BCUT2D eigenvalue weighted by atomic mass is 32.2. The highest BCUT2D eigenvalue weighted by molar-refractivity contribution is 7.99. The third-order valence-corrected chi connectivity index (χ3v) is 5.18. The van der Waals surface area contributed by atoms with E-state index in [1.54, 1.807) is 27.8 Å². The van der Waals surface area contributed by atoms with Gasteiger partial charge in [0.05, 0.1) is 5.25 Å². The van der Waals surface area contributed by atoms with E-state index in [1.165, 1.54) is 10.4 Å². The number of aryl methyl sites for hydroxylation is 2. The number of rotatable bonds is 4. The molecule has 0 aromatic carbocycles. The summed E-state index contributed by atoms with van der Waals surface area (Å²) in [4.78, 5) is 1.30. The molecule has 2 heterocycles. The maximum Gasteiger partial charge on any atom is 0.209 e. The van der Waals surface area contributed by atoms with Crippen LogP contribution in [0.2, 0.25) is 0 Å². The van der Waals surface area contributed by atoms with E-state index in [9.17, 15) is 0 Å². The summed E-state index contributed by atoms with van der Waals surface area (Å²) in [6.45, 7) is 4.12. The molecule has 17 heavy (non-hydrogen) atoms. The number of hydrogen-bond acceptors (Lipinski definition) is 6. The number of nitrogens with two attached hydrogens (primary N) is 1. The zero-order valence-corrected chi connectivity index (χ0v) is 11.6. The summed E-state index contributed by atoms with van der Waals surface area (Å²) in [6.07, 6.45) is 0. The third-order valence-electron chi connectivity index (χ3n) is 2.45. The molecular formula is C10H15N5S2. The van der Waals surface area contributed by atoms with Crippen molar-refractivity contribution in [2.24, 2.45) is 12.8 Å². The van der Waals surface area contributed by atoms with E-state index in [-0.39, 0.29) is 11.3 Å². The molecule has 92 valence electrons. The molecule has 5 nitrogen and oxygen atoms in total. The van der Waals surface area contributed by atoms with Gasteiger partial charge in [0.1, 0.15) is 0 Å². The Morgan fingerprint density at radius 1 is 1.53 bits per heavy atom. The Bertz CT molecular complexity index is 490. The minimum Gasteiger partial charge on any atom is -0.327 e. The van der Waals surface area contributed by atoms with Gasteiger partial charge in [-0.2, -0.15) is 0 Å². The second-order valence-electron chi connectivity index (χ2n) is 3.95. The second-order valence-corrected chi connectivity index (χ2v) is 6.01. The molecule has 2 aromatic heterocycles. The van der Waals surface area contributed by atoms with Gasteiger partial charge in [0, 0.05) is 18.0 Å². The summed E-state index contributed by atoms with van der Waals surface area (Å²) < 4.78 is 1.67. The normalized spacial score (nSPS) is 14.8. The van der Waals surface area contributed by atoms with Crippen molar-refractivity contribution >= 4 is 23.1 Å². The number of aromatic nitrogens is 4. The third kappa shape index (κ3) is 2.67. The molecule has 0 fully saturated rings. The van der Waals surface area contributed by atoms with Gasteiger partial charge in [-0.25, -0.2) is 4.68 Å². The van der Waals surface area contributed by atoms with Crippen LogP contribution in [0.3, 0.4) is 0 Å². The van der Waals surface area contributed by atoms with E-state index < -0.39 is 0 Å². The van der Waals surface area contributed by atoms with Gasteiger partial charge >= 0.3 is 0 Å². The van der Waals surface area contributed by atoms with Crippen LogP contribution in [0.1, 0.15) is 22.6 Å². The van der Waals surface area contributed by atoms with E-state index in [0.717, 1.165) is 5.16 Å². The Morgan fingerprint density at radius 3 is 2.76 bits per heavy atom. The molecule has 7 heteroatoms. The SMILES string of the molecule is Cc1ccsc1C(Sc1nnnn1C)C(C)N. The quantitative estimate of drug-likeness (QED) is 0.856. The largest absolute Gasteiger partial charge is 0.327 e. The van der Waals surface area contributed by atoms with E-state index in [4.69, 9.17) is 5.73 Å². The highest BCUT2D eigenvalue weighted by Gasteiger charge is 2.23. The molecule has 0 aliphatic carbocycles. The molecular weight excluding hydrogens is 254 g/mol. The van der Waals surface area contributed by atoms with Crippen molar-refractivity contribution in [3.8, 4) is 0 Å². The predicted octanol–water partition coefficient (Wildman–Crippen LogP) is 1.76. The molecule has 2 N–H and O–H groups in total. The number of thioether (sulfide) groups is 1. The summed E-state index contributed by atoms with van der Waals surface area (Å²) >= 11 is 3.35. The fourth-order valence-electron chi connectivity index (χ4n) is 1.51. The topological polar surface area (TPSA) is 69.6 Å². The first-order chi connectivity index (χ1) is 8.09. The van der Waals surface area contributed by atoms with Crippen LogP contribution >= 0.6 is 23.1 Å². The van der Waals surface area contributed by atoms with Crippen molar-refractivity contribution in [2.45, 2.75) is 30.3 Å². The Morgan fingerprint density at radius 2 is 2.29 bits per heavy atom. The van der Waals surface area contributed by atoms with Crippen LogP contribution in [-0.2, 0) is 7.05 Å². The lowest BCUT2D eigenvalue weighted by atomic mass is 10.1. The number of thiophene rings is 1. The van der Waals surface area contributed by atoms with Gasteiger partial charge in [0.15, 0.2) is 0 Å². The minimum atomic E-state index is 0.0500. The summed E-state index contributed by atoms with van der Waals surface area (Å²) in [5.41, 5.74) is 7.35.